The molecule has 0 saturated carbocycles. The number of amides is 1. The fourth-order valence-electron chi connectivity index (χ4n) is 2.42. The molecule has 1 aliphatic heterocycles. The quantitative estimate of drug-likeness (QED) is 0.861. The molecule has 1 atom stereocenters. The summed E-state index contributed by atoms with van der Waals surface area (Å²) in [7, 11) is 0. The molecule has 1 saturated heterocycles. The molecule has 3 N–H and O–H groups in total. The lowest BCUT2D eigenvalue weighted by Gasteiger charge is -2.33. The summed E-state index contributed by atoms with van der Waals surface area (Å²) in [6.45, 7) is 0.854. The number of carbonyl (C=O) groups is 2. The van der Waals surface area contributed by atoms with Gasteiger partial charge in [-0.25, -0.2) is 4.39 Å². The normalized spacial score (nSPS) is 19.2. The van der Waals surface area contributed by atoms with Gasteiger partial charge in [0.15, 0.2) is 0 Å². The molecule has 1 aliphatic rings. The first-order valence-electron chi connectivity index (χ1n) is 6.06. The zero-order chi connectivity index (χ0) is 14.0. The lowest BCUT2D eigenvalue weighted by Crippen LogP contribution is -2.39. The fraction of sp³-hybridized carbons (Fsp3) is 0.385. The van der Waals surface area contributed by atoms with Crippen molar-refractivity contribution in [3.8, 4) is 0 Å². The van der Waals surface area contributed by atoms with Gasteiger partial charge in [0.25, 0.3) is 5.91 Å². The summed E-state index contributed by atoms with van der Waals surface area (Å²) in [4.78, 5) is 24.1. The topological polar surface area (TPSA) is 83.6 Å². The van der Waals surface area contributed by atoms with E-state index in [-0.39, 0.29) is 12.1 Å². The standard InChI is InChI=1S/C13H15FN2O3/c14-9-4-1-5-10(11(9)12(15)17)16-6-2-3-8(7-16)13(18)19/h1,4-5,8H,2-3,6-7H2,(H2,15,17)(H,18,19). The molecule has 2 rings (SSSR count). The summed E-state index contributed by atoms with van der Waals surface area (Å²) in [5.41, 5.74) is 5.40. The van der Waals surface area contributed by atoms with Gasteiger partial charge in [0.2, 0.25) is 0 Å². The lowest BCUT2D eigenvalue weighted by atomic mass is 9.97. The van der Waals surface area contributed by atoms with Crippen LogP contribution in [0.5, 0.6) is 0 Å². The van der Waals surface area contributed by atoms with Crippen LogP contribution in [0.4, 0.5) is 10.1 Å². The van der Waals surface area contributed by atoms with Crippen LogP contribution in [-0.4, -0.2) is 30.1 Å². The van der Waals surface area contributed by atoms with Crippen LogP contribution >= 0.6 is 0 Å². The van der Waals surface area contributed by atoms with E-state index in [2.05, 4.69) is 0 Å². The van der Waals surface area contributed by atoms with Crippen LogP contribution in [0.3, 0.4) is 0 Å². The molecule has 0 spiro atoms. The Hall–Kier alpha value is -2.11. The van der Waals surface area contributed by atoms with Crippen molar-refractivity contribution < 1.29 is 19.1 Å². The Labute approximate surface area is 109 Å². The van der Waals surface area contributed by atoms with Crippen molar-refractivity contribution in [3.63, 3.8) is 0 Å². The number of carboxylic acid groups (broad SMARTS) is 1. The number of hydrogen-bond acceptors (Lipinski definition) is 3. The van der Waals surface area contributed by atoms with Crippen molar-refractivity contribution in [2.75, 3.05) is 18.0 Å². The summed E-state index contributed by atoms with van der Waals surface area (Å²) < 4.78 is 13.7. The third-order valence-corrected chi connectivity index (χ3v) is 3.35. The molecule has 0 aromatic heterocycles. The van der Waals surface area contributed by atoms with E-state index in [0.29, 0.717) is 25.1 Å². The van der Waals surface area contributed by atoms with Gasteiger partial charge >= 0.3 is 5.97 Å². The summed E-state index contributed by atoms with van der Waals surface area (Å²) in [6, 6.07) is 4.25. The van der Waals surface area contributed by atoms with Crippen molar-refractivity contribution in [2.45, 2.75) is 12.8 Å². The first-order valence-corrected chi connectivity index (χ1v) is 6.06. The number of piperidine rings is 1. The molecule has 102 valence electrons. The summed E-state index contributed by atoms with van der Waals surface area (Å²) in [6.07, 6.45) is 1.28. The van der Waals surface area contributed by atoms with Gasteiger partial charge in [0, 0.05) is 13.1 Å². The van der Waals surface area contributed by atoms with Crippen molar-refractivity contribution in [3.05, 3.63) is 29.6 Å². The number of carbonyl (C=O) groups excluding carboxylic acids is 1. The molecule has 1 unspecified atom stereocenters. The van der Waals surface area contributed by atoms with E-state index in [0.717, 1.165) is 0 Å². The van der Waals surface area contributed by atoms with Crippen LogP contribution in [0, 0.1) is 11.7 Å². The molecule has 1 aromatic carbocycles. The second-order valence-corrected chi connectivity index (χ2v) is 4.62. The Bertz CT molecular complexity index is 519. The van der Waals surface area contributed by atoms with E-state index in [9.17, 15) is 14.0 Å². The second kappa shape index (κ2) is 5.26. The van der Waals surface area contributed by atoms with Gasteiger partial charge < -0.3 is 15.7 Å². The van der Waals surface area contributed by atoms with Gasteiger partial charge in [-0.05, 0) is 25.0 Å². The maximum atomic E-state index is 13.7. The van der Waals surface area contributed by atoms with Gasteiger partial charge in [-0.15, -0.1) is 0 Å². The van der Waals surface area contributed by atoms with Crippen LogP contribution in [0.2, 0.25) is 0 Å². The van der Waals surface area contributed by atoms with Gasteiger partial charge in [-0.1, -0.05) is 6.07 Å². The van der Waals surface area contributed by atoms with Gasteiger partial charge in [-0.2, -0.15) is 0 Å². The molecular formula is C13H15FN2O3. The lowest BCUT2D eigenvalue weighted by molar-refractivity contribution is -0.141. The number of benzene rings is 1. The number of nitrogens with zero attached hydrogens (tertiary/aromatic N) is 1. The number of rotatable bonds is 3. The van der Waals surface area contributed by atoms with Crippen LogP contribution in [-0.2, 0) is 4.79 Å². The Morgan fingerprint density at radius 3 is 2.79 bits per heavy atom. The van der Waals surface area contributed by atoms with Gasteiger partial charge in [0.1, 0.15) is 5.82 Å². The first-order chi connectivity index (χ1) is 9.00. The smallest absolute Gasteiger partial charge is 0.308 e. The van der Waals surface area contributed by atoms with E-state index >= 15 is 0 Å². The number of halogens is 1. The van der Waals surface area contributed by atoms with Crippen molar-refractivity contribution >= 4 is 17.6 Å². The molecule has 1 aromatic rings. The predicted molar refractivity (Wildman–Crippen MR) is 67.5 cm³/mol. The highest BCUT2D eigenvalue weighted by Gasteiger charge is 2.28. The summed E-state index contributed by atoms with van der Waals surface area (Å²) in [5, 5.41) is 9.04. The van der Waals surface area contributed by atoms with E-state index in [4.69, 9.17) is 10.8 Å². The van der Waals surface area contributed by atoms with Crippen LogP contribution in [0.1, 0.15) is 23.2 Å². The number of carboxylic acids is 1. The van der Waals surface area contributed by atoms with Crippen molar-refractivity contribution in [1.29, 1.82) is 0 Å². The average molecular weight is 266 g/mol. The maximum Gasteiger partial charge on any atom is 0.308 e. The number of hydrogen-bond donors (Lipinski definition) is 2. The number of primary amides is 1. The van der Waals surface area contributed by atoms with E-state index < -0.39 is 23.6 Å². The number of anilines is 1. The molecule has 0 bridgehead atoms. The minimum Gasteiger partial charge on any atom is -0.481 e. The largest absolute Gasteiger partial charge is 0.481 e. The molecule has 0 radical (unpaired) electrons. The van der Waals surface area contributed by atoms with Crippen LogP contribution < -0.4 is 10.6 Å². The highest BCUT2D eigenvalue weighted by atomic mass is 19.1. The zero-order valence-corrected chi connectivity index (χ0v) is 10.3. The molecule has 5 nitrogen and oxygen atoms in total. The summed E-state index contributed by atoms with van der Waals surface area (Å²) >= 11 is 0. The van der Waals surface area contributed by atoms with Crippen LogP contribution in [0.15, 0.2) is 18.2 Å². The molecule has 1 heterocycles. The van der Waals surface area contributed by atoms with Gasteiger partial charge in [-0.3, -0.25) is 9.59 Å². The molecule has 19 heavy (non-hydrogen) atoms. The monoisotopic (exact) mass is 266 g/mol. The number of aliphatic carboxylic acids is 1. The van der Waals surface area contributed by atoms with Crippen molar-refractivity contribution in [1.82, 2.24) is 0 Å². The Kier molecular flexibility index (Phi) is 3.69. The molecular weight excluding hydrogens is 251 g/mol. The van der Waals surface area contributed by atoms with Crippen molar-refractivity contribution in [2.24, 2.45) is 11.7 Å². The zero-order valence-electron chi connectivity index (χ0n) is 10.3. The van der Waals surface area contributed by atoms with E-state index in [1.165, 1.54) is 12.1 Å². The third kappa shape index (κ3) is 2.67. The van der Waals surface area contributed by atoms with Gasteiger partial charge in [0.05, 0.1) is 17.2 Å². The number of nitrogens with two attached hydrogens (primary N) is 1. The molecule has 6 heteroatoms. The maximum absolute atomic E-state index is 13.7. The fourth-order valence-corrected chi connectivity index (χ4v) is 2.42. The minimum atomic E-state index is -0.873. The first kappa shape index (κ1) is 13.3. The van der Waals surface area contributed by atoms with E-state index in [1.807, 2.05) is 0 Å². The van der Waals surface area contributed by atoms with Crippen LogP contribution in [0.25, 0.3) is 0 Å². The molecule has 0 aliphatic carbocycles. The average Bonchev–Trinajstić information content (AvgIpc) is 2.38. The Morgan fingerprint density at radius 2 is 2.16 bits per heavy atom. The SMILES string of the molecule is NC(=O)c1c(F)cccc1N1CCCC(C(=O)O)C1. The Morgan fingerprint density at radius 1 is 1.42 bits per heavy atom. The predicted octanol–water partition coefficient (Wildman–Crippen LogP) is 1.23. The molecule has 1 fully saturated rings. The highest BCUT2D eigenvalue weighted by molar-refractivity contribution is 5.99. The third-order valence-electron chi connectivity index (χ3n) is 3.35. The minimum absolute atomic E-state index is 0.173. The Balaban J connectivity index is 2.34. The van der Waals surface area contributed by atoms with E-state index in [1.54, 1.807) is 11.0 Å². The highest BCUT2D eigenvalue weighted by Crippen LogP contribution is 2.27. The molecule has 1 amide bonds. The second-order valence-electron chi connectivity index (χ2n) is 4.62. The summed E-state index contributed by atoms with van der Waals surface area (Å²) in [5.74, 6) is -2.90.